The number of aromatic amines is 2. The Morgan fingerprint density at radius 1 is 0.900 bits per heavy atom. The molecule has 4 aromatic rings. The molecule has 1 amide bonds. The lowest BCUT2D eigenvalue weighted by molar-refractivity contribution is 0.0952. The Balaban J connectivity index is 1.75. The van der Waals surface area contributed by atoms with Crippen LogP contribution < -0.4 is 16.4 Å². The predicted octanol–water partition coefficient (Wildman–Crippen LogP) is 3.43. The number of amides is 1. The van der Waals surface area contributed by atoms with Crippen LogP contribution in [-0.2, 0) is 6.54 Å². The maximum atomic E-state index is 13.1. The zero-order chi connectivity index (χ0) is 21.3. The molecular weight excluding hydrogens is 378 g/mol. The Labute approximate surface area is 172 Å². The summed E-state index contributed by atoms with van der Waals surface area (Å²) in [6.07, 6.45) is 0. The Morgan fingerprint density at radius 3 is 2.40 bits per heavy atom. The Kier molecular flexibility index (Phi) is 5.06. The first-order chi connectivity index (χ1) is 14.4. The topological polar surface area (TPSA) is 94.8 Å². The molecule has 0 saturated heterocycles. The molecular formula is C24H21N3O3. The van der Waals surface area contributed by atoms with E-state index in [1.165, 1.54) is 6.07 Å². The number of fused-ring (bicyclic) bond motifs is 1. The monoisotopic (exact) mass is 399 g/mol. The van der Waals surface area contributed by atoms with Crippen LogP contribution in [-0.4, -0.2) is 15.9 Å². The van der Waals surface area contributed by atoms with Crippen molar-refractivity contribution in [2.75, 3.05) is 0 Å². The second kappa shape index (κ2) is 7.83. The summed E-state index contributed by atoms with van der Waals surface area (Å²) in [5.74, 6) is -0.316. The molecule has 3 N–H and O–H groups in total. The summed E-state index contributed by atoms with van der Waals surface area (Å²) in [4.78, 5) is 42.7. The standard InChI is InChI=1S/C24H21N3O3/c1-14-10-15(2)26-24(30)20(14)13-25-23(29)19-11-17(16-6-4-3-5-7-16)12-21-18(19)8-9-22(28)27-21/h3-12H,13H2,1-2H3,(H,25,29)(H,26,30)(H,27,28). The molecule has 0 atom stereocenters. The zero-order valence-corrected chi connectivity index (χ0v) is 16.7. The summed E-state index contributed by atoms with van der Waals surface area (Å²) in [6.45, 7) is 3.78. The summed E-state index contributed by atoms with van der Waals surface area (Å²) in [7, 11) is 0. The van der Waals surface area contributed by atoms with Gasteiger partial charge in [-0.1, -0.05) is 30.3 Å². The quantitative estimate of drug-likeness (QED) is 0.491. The molecule has 0 unspecified atom stereocenters. The van der Waals surface area contributed by atoms with Crippen molar-refractivity contribution in [2.45, 2.75) is 20.4 Å². The largest absolute Gasteiger partial charge is 0.348 e. The van der Waals surface area contributed by atoms with Crippen molar-refractivity contribution in [1.82, 2.24) is 15.3 Å². The van der Waals surface area contributed by atoms with E-state index in [0.29, 0.717) is 22.0 Å². The third kappa shape index (κ3) is 3.80. The fraction of sp³-hybridized carbons (Fsp3) is 0.125. The summed E-state index contributed by atoms with van der Waals surface area (Å²) < 4.78 is 0. The first kappa shape index (κ1) is 19.4. The minimum atomic E-state index is -0.316. The molecule has 2 aromatic heterocycles. The number of aryl methyl sites for hydroxylation is 2. The van der Waals surface area contributed by atoms with Gasteiger partial charge in [-0.25, -0.2) is 0 Å². The van der Waals surface area contributed by atoms with E-state index in [1.54, 1.807) is 12.1 Å². The van der Waals surface area contributed by atoms with Gasteiger partial charge in [0.15, 0.2) is 0 Å². The van der Waals surface area contributed by atoms with Crippen LogP contribution in [0, 0.1) is 13.8 Å². The molecule has 4 rings (SSSR count). The van der Waals surface area contributed by atoms with Crippen LogP contribution in [0.25, 0.3) is 22.0 Å². The number of benzene rings is 2. The lowest BCUT2D eigenvalue weighted by Gasteiger charge is -2.12. The fourth-order valence-electron chi connectivity index (χ4n) is 3.62. The molecule has 30 heavy (non-hydrogen) atoms. The molecule has 2 aromatic carbocycles. The van der Waals surface area contributed by atoms with Crippen molar-refractivity contribution in [1.29, 1.82) is 0 Å². The van der Waals surface area contributed by atoms with Crippen LogP contribution in [0.3, 0.4) is 0 Å². The van der Waals surface area contributed by atoms with Crippen molar-refractivity contribution >= 4 is 16.8 Å². The van der Waals surface area contributed by atoms with Gasteiger partial charge in [0.2, 0.25) is 5.56 Å². The van der Waals surface area contributed by atoms with Crippen LogP contribution >= 0.6 is 0 Å². The Morgan fingerprint density at radius 2 is 1.67 bits per heavy atom. The number of nitrogens with one attached hydrogen (secondary N) is 3. The van der Waals surface area contributed by atoms with Gasteiger partial charge in [0, 0.05) is 40.3 Å². The van der Waals surface area contributed by atoms with E-state index in [9.17, 15) is 14.4 Å². The lowest BCUT2D eigenvalue weighted by atomic mass is 9.98. The smallest absolute Gasteiger partial charge is 0.253 e. The maximum absolute atomic E-state index is 13.1. The van der Waals surface area contributed by atoms with Crippen LogP contribution in [0.15, 0.2) is 70.3 Å². The van der Waals surface area contributed by atoms with Gasteiger partial charge < -0.3 is 15.3 Å². The van der Waals surface area contributed by atoms with Gasteiger partial charge in [-0.3, -0.25) is 14.4 Å². The molecule has 0 aliphatic rings. The van der Waals surface area contributed by atoms with E-state index in [4.69, 9.17) is 0 Å². The molecule has 6 heteroatoms. The molecule has 0 spiro atoms. The average molecular weight is 399 g/mol. The van der Waals surface area contributed by atoms with Gasteiger partial charge in [-0.15, -0.1) is 0 Å². The summed E-state index contributed by atoms with van der Waals surface area (Å²) in [6, 6.07) is 18.2. The maximum Gasteiger partial charge on any atom is 0.253 e. The third-order valence-corrected chi connectivity index (χ3v) is 5.11. The fourth-order valence-corrected chi connectivity index (χ4v) is 3.62. The number of rotatable bonds is 4. The second-order valence-electron chi connectivity index (χ2n) is 7.30. The highest BCUT2D eigenvalue weighted by molar-refractivity contribution is 6.07. The summed E-state index contributed by atoms with van der Waals surface area (Å²) in [5.41, 5.74) is 4.44. The lowest BCUT2D eigenvalue weighted by Crippen LogP contribution is -2.28. The van der Waals surface area contributed by atoms with E-state index in [1.807, 2.05) is 56.3 Å². The van der Waals surface area contributed by atoms with Crippen molar-refractivity contribution in [3.8, 4) is 11.1 Å². The number of aromatic nitrogens is 2. The van der Waals surface area contributed by atoms with E-state index >= 15 is 0 Å². The number of hydrogen-bond donors (Lipinski definition) is 3. The highest BCUT2D eigenvalue weighted by Crippen LogP contribution is 2.26. The second-order valence-corrected chi connectivity index (χ2v) is 7.30. The molecule has 0 aliphatic carbocycles. The van der Waals surface area contributed by atoms with Crippen molar-refractivity contribution in [3.63, 3.8) is 0 Å². The number of carbonyl (C=O) groups is 1. The molecule has 0 fully saturated rings. The minimum absolute atomic E-state index is 0.112. The first-order valence-electron chi connectivity index (χ1n) is 9.62. The number of hydrogen-bond acceptors (Lipinski definition) is 3. The molecule has 0 radical (unpaired) electrons. The Bertz CT molecular complexity index is 1370. The van der Waals surface area contributed by atoms with E-state index in [-0.39, 0.29) is 23.6 Å². The van der Waals surface area contributed by atoms with Crippen LogP contribution in [0.4, 0.5) is 0 Å². The Hall–Kier alpha value is -3.93. The first-order valence-corrected chi connectivity index (χ1v) is 9.62. The van der Waals surface area contributed by atoms with Crippen molar-refractivity contribution in [3.05, 3.63) is 104 Å². The van der Waals surface area contributed by atoms with E-state index < -0.39 is 0 Å². The number of pyridine rings is 2. The highest BCUT2D eigenvalue weighted by Gasteiger charge is 2.15. The van der Waals surface area contributed by atoms with Crippen LogP contribution in [0.1, 0.15) is 27.2 Å². The van der Waals surface area contributed by atoms with Crippen molar-refractivity contribution < 1.29 is 4.79 Å². The van der Waals surface area contributed by atoms with E-state index in [2.05, 4.69) is 15.3 Å². The van der Waals surface area contributed by atoms with Gasteiger partial charge in [-0.2, -0.15) is 0 Å². The molecule has 2 heterocycles. The van der Waals surface area contributed by atoms with Gasteiger partial charge >= 0.3 is 0 Å². The molecule has 6 nitrogen and oxygen atoms in total. The van der Waals surface area contributed by atoms with Crippen molar-refractivity contribution in [2.24, 2.45) is 0 Å². The number of H-pyrrole nitrogens is 2. The summed E-state index contributed by atoms with van der Waals surface area (Å²) >= 11 is 0. The third-order valence-electron chi connectivity index (χ3n) is 5.11. The molecule has 150 valence electrons. The minimum Gasteiger partial charge on any atom is -0.348 e. The average Bonchev–Trinajstić information content (AvgIpc) is 2.72. The van der Waals surface area contributed by atoms with Crippen LogP contribution in [0.5, 0.6) is 0 Å². The molecule has 0 saturated carbocycles. The van der Waals surface area contributed by atoms with Gasteiger partial charge in [0.1, 0.15) is 0 Å². The normalized spacial score (nSPS) is 10.9. The molecule has 0 bridgehead atoms. The highest BCUT2D eigenvalue weighted by atomic mass is 16.2. The van der Waals surface area contributed by atoms with Gasteiger partial charge in [0.05, 0.1) is 0 Å². The van der Waals surface area contributed by atoms with Gasteiger partial charge in [0.25, 0.3) is 11.5 Å². The number of carbonyl (C=O) groups excluding carboxylic acids is 1. The molecule has 0 aliphatic heterocycles. The summed E-state index contributed by atoms with van der Waals surface area (Å²) in [5, 5.41) is 3.49. The van der Waals surface area contributed by atoms with E-state index in [0.717, 1.165) is 22.4 Å². The zero-order valence-electron chi connectivity index (χ0n) is 16.7. The SMILES string of the molecule is Cc1cc(C)c(CNC(=O)c2cc(-c3ccccc3)cc3[nH]c(=O)ccc23)c(=O)[nH]1. The predicted molar refractivity (Wildman–Crippen MR) is 118 cm³/mol. The van der Waals surface area contributed by atoms with Crippen LogP contribution in [0.2, 0.25) is 0 Å². The van der Waals surface area contributed by atoms with Gasteiger partial charge in [-0.05, 0) is 54.8 Å².